The Balaban J connectivity index is 1.59. The highest BCUT2D eigenvalue weighted by molar-refractivity contribution is 6.00. The van der Waals surface area contributed by atoms with Gasteiger partial charge in [0.15, 0.2) is 11.9 Å². The fourth-order valence-corrected chi connectivity index (χ4v) is 5.37. The average molecular weight is 396 g/mol. The topological polar surface area (TPSA) is 107 Å². The SMILES string of the molecule is CO[C@@H]1CC(=O)c2cccc3c2C12Oc1ccc(O)c4c1[C@](O3)(O2)C1O[C@@H]1[C@@H]4O. The summed E-state index contributed by atoms with van der Waals surface area (Å²) in [5, 5.41) is 21.2. The molecule has 2 unspecified atom stereocenters. The predicted octanol–water partition coefficient (Wildman–Crippen LogP) is 1.62. The molecule has 2 aliphatic carbocycles. The number of hydrogen-bond donors (Lipinski definition) is 2. The molecule has 0 amide bonds. The number of aliphatic hydroxyl groups excluding tert-OH is 1. The zero-order valence-corrected chi connectivity index (χ0v) is 15.2. The molecule has 5 aliphatic rings. The average Bonchev–Trinajstić information content (AvgIpc) is 3.52. The van der Waals surface area contributed by atoms with E-state index in [4.69, 9.17) is 23.7 Å². The first kappa shape index (κ1) is 16.2. The van der Waals surface area contributed by atoms with Gasteiger partial charge in [-0.1, -0.05) is 12.1 Å². The lowest BCUT2D eigenvalue weighted by Gasteiger charge is -2.56. The van der Waals surface area contributed by atoms with E-state index >= 15 is 0 Å². The van der Waals surface area contributed by atoms with Crippen LogP contribution in [0, 0.1) is 0 Å². The summed E-state index contributed by atoms with van der Waals surface area (Å²) in [6, 6.07) is 8.30. The number of hydrogen-bond acceptors (Lipinski definition) is 8. The molecule has 3 aliphatic heterocycles. The summed E-state index contributed by atoms with van der Waals surface area (Å²) in [6.07, 6.45) is -2.81. The van der Waals surface area contributed by atoms with E-state index in [1.54, 1.807) is 24.3 Å². The molecule has 2 aromatic carbocycles. The number of fused-ring (bicyclic) bond motifs is 1. The van der Waals surface area contributed by atoms with Crippen LogP contribution in [0.25, 0.3) is 0 Å². The Morgan fingerprint density at radius 3 is 2.72 bits per heavy atom. The molecule has 7 rings (SSSR count). The summed E-state index contributed by atoms with van der Waals surface area (Å²) in [7, 11) is 1.51. The van der Waals surface area contributed by atoms with Crippen molar-refractivity contribution in [3.8, 4) is 17.2 Å². The molecule has 148 valence electrons. The molecule has 1 saturated heterocycles. The third-order valence-corrected chi connectivity index (χ3v) is 6.62. The molecule has 2 spiro atoms. The van der Waals surface area contributed by atoms with Crippen molar-refractivity contribution < 1.29 is 38.7 Å². The van der Waals surface area contributed by atoms with Gasteiger partial charge in [0.05, 0.1) is 11.1 Å². The standard InChI is InChI=1S/C21H16O8/c1-25-13-7-10(23)8-3-2-4-11-15(8)20(13)27-12-6-5-9(22)14-16(12)21(28-11,29-20)19-18(26-19)17(14)24/h2-6,13,17-19,22,24H,7H2,1H3/t13-,17-,18-,19?,20?,21+/m1/s1. The van der Waals surface area contributed by atoms with Crippen LogP contribution in [-0.4, -0.2) is 41.4 Å². The highest BCUT2D eigenvalue weighted by atomic mass is 16.8. The second kappa shape index (κ2) is 4.73. The van der Waals surface area contributed by atoms with Crippen molar-refractivity contribution in [1.29, 1.82) is 0 Å². The molecule has 8 nitrogen and oxygen atoms in total. The number of ether oxygens (including phenoxy) is 5. The maximum Gasteiger partial charge on any atom is 0.274 e. The first-order valence-corrected chi connectivity index (χ1v) is 9.48. The number of phenols is 1. The van der Waals surface area contributed by atoms with Gasteiger partial charge in [-0.15, -0.1) is 0 Å². The zero-order valence-electron chi connectivity index (χ0n) is 15.2. The van der Waals surface area contributed by atoms with Crippen LogP contribution in [0.15, 0.2) is 30.3 Å². The minimum absolute atomic E-state index is 0.0807. The molecule has 6 atom stereocenters. The van der Waals surface area contributed by atoms with Crippen LogP contribution in [-0.2, 0) is 25.8 Å². The Morgan fingerprint density at radius 2 is 1.90 bits per heavy atom. The number of aliphatic hydroxyl groups is 1. The van der Waals surface area contributed by atoms with Gasteiger partial charge in [0.25, 0.3) is 11.6 Å². The van der Waals surface area contributed by atoms with E-state index < -0.39 is 36.0 Å². The number of carbonyl (C=O) groups is 1. The number of ketones is 1. The van der Waals surface area contributed by atoms with Crippen LogP contribution in [0.4, 0.5) is 0 Å². The third-order valence-electron chi connectivity index (χ3n) is 6.62. The molecule has 0 radical (unpaired) electrons. The molecule has 0 saturated carbocycles. The summed E-state index contributed by atoms with van der Waals surface area (Å²) < 4.78 is 30.8. The van der Waals surface area contributed by atoms with Crippen LogP contribution in [0.5, 0.6) is 17.2 Å². The van der Waals surface area contributed by atoms with Crippen molar-refractivity contribution in [3.63, 3.8) is 0 Å². The van der Waals surface area contributed by atoms with Gasteiger partial charge in [0.1, 0.15) is 35.6 Å². The molecule has 2 bridgehead atoms. The number of rotatable bonds is 1. The molecule has 8 heteroatoms. The van der Waals surface area contributed by atoms with Crippen molar-refractivity contribution in [3.05, 3.63) is 52.6 Å². The van der Waals surface area contributed by atoms with Gasteiger partial charge >= 0.3 is 0 Å². The normalized spacial score (nSPS) is 39.4. The summed E-state index contributed by atoms with van der Waals surface area (Å²) in [5.41, 5.74) is 1.66. The van der Waals surface area contributed by atoms with Gasteiger partial charge in [0.2, 0.25) is 0 Å². The van der Waals surface area contributed by atoms with E-state index in [9.17, 15) is 15.0 Å². The molecular weight excluding hydrogens is 380 g/mol. The zero-order chi connectivity index (χ0) is 19.7. The summed E-state index contributed by atoms with van der Waals surface area (Å²) in [4.78, 5) is 12.7. The van der Waals surface area contributed by atoms with E-state index in [2.05, 4.69) is 0 Å². The van der Waals surface area contributed by atoms with Crippen molar-refractivity contribution in [2.75, 3.05) is 7.11 Å². The second-order valence-electron chi connectivity index (χ2n) is 8.01. The molecule has 1 fully saturated rings. The number of phenolic OH excluding ortho intramolecular Hbond substituents is 1. The van der Waals surface area contributed by atoms with Gasteiger partial charge in [-0.05, 0) is 18.2 Å². The van der Waals surface area contributed by atoms with Gasteiger partial charge < -0.3 is 29.2 Å². The van der Waals surface area contributed by atoms with Crippen molar-refractivity contribution in [2.24, 2.45) is 0 Å². The van der Waals surface area contributed by atoms with Gasteiger partial charge in [-0.2, -0.15) is 0 Å². The van der Waals surface area contributed by atoms with Crippen molar-refractivity contribution >= 4 is 5.78 Å². The van der Waals surface area contributed by atoms with Gasteiger partial charge in [-0.3, -0.25) is 9.53 Å². The predicted molar refractivity (Wildman–Crippen MR) is 93.6 cm³/mol. The Hall–Kier alpha value is -2.65. The quantitative estimate of drug-likeness (QED) is 0.701. The Labute approximate surface area is 164 Å². The molecule has 29 heavy (non-hydrogen) atoms. The lowest BCUT2D eigenvalue weighted by molar-refractivity contribution is -0.391. The third kappa shape index (κ3) is 1.62. The molecule has 2 N–H and O–H groups in total. The van der Waals surface area contributed by atoms with Crippen molar-refractivity contribution in [2.45, 2.75) is 42.4 Å². The van der Waals surface area contributed by atoms with Crippen LogP contribution >= 0.6 is 0 Å². The van der Waals surface area contributed by atoms with Gasteiger partial charge in [-0.25, -0.2) is 0 Å². The molecule has 0 aromatic heterocycles. The Morgan fingerprint density at radius 1 is 1.10 bits per heavy atom. The van der Waals surface area contributed by atoms with E-state index in [1.807, 2.05) is 0 Å². The number of methoxy groups -OCH3 is 1. The summed E-state index contributed by atoms with van der Waals surface area (Å²) in [6.45, 7) is 0. The van der Waals surface area contributed by atoms with Crippen molar-refractivity contribution in [1.82, 2.24) is 0 Å². The minimum atomic E-state index is -1.42. The first-order chi connectivity index (χ1) is 14.0. The fraction of sp³-hybridized carbons (Fsp3) is 0.381. The highest BCUT2D eigenvalue weighted by Gasteiger charge is 2.75. The van der Waals surface area contributed by atoms with Crippen LogP contribution < -0.4 is 9.47 Å². The summed E-state index contributed by atoms with van der Waals surface area (Å²) in [5.74, 6) is -2.16. The Bertz CT molecular complexity index is 1130. The smallest absolute Gasteiger partial charge is 0.274 e. The molecular formula is C21H16O8. The monoisotopic (exact) mass is 396 g/mol. The summed E-state index contributed by atoms with van der Waals surface area (Å²) >= 11 is 0. The van der Waals surface area contributed by atoms with E-state index in [-0.39, 0.29) is 23.5 Å². The van der Waals surface area contributed by atoms with Gasteiger partial charge in [0, 0.05) is 24.7 Å². The lowest BCUT2D eigenvalue weighted by Crippen LogP contribution is -2.65. The Kier molecular flexibility index (Phi) is 2.64. The van der Waals surface area contributed by atoms with E-state index in [0.717, 1.165) is 0 Å². The molecule has 2 aromatic rings. The maximum absolute atomic E-state index is 12.7. The number of carbonyl (C=O) groups excluding carboxylic acids is 1. The van der Waals surface area contributed by atoms with E-state index in [1.165, 1.54) is 13.2 Å². The molecule has 3 heterocycles. The fourth-order valence-electron chi connectivity index (χ4n) is 5.37. The number of aromatic hydroxyl groups is 1. The van der Waals surface area contributed by atoms with Crippen LogP contribution in [0.2, 0.25) is 0 Å². The number of epoxide rings is 1. The second-order valence-corrected chi connectivity index (χ2v) is 8.01. The minimum Gasteiger partial charge on any atom is -0.508 e. The van der Waals surface area contributed by atoms with Crippen LogP contribution in [0.3, 0.4) is 0 Å². The maximum atomic E-state index is 12.7. The van der Waals surface area contributed by atoms with E-state index in [0.29, 0.717) is 28.2 Å². The lowest BCUT2D eigenvalue weighted by atomic mass is 9.76. The number of Topliss-reactive ketones (excluding diaryl/α,β-unsaturated/α-hetero) is 1. The first-order valence-electron chi connectivity index (χ1n) is 9.48. The van der Waals surface area contributed by atoms with Crippen LogP contribution in [0.1, 0.15) is 39.6 Å². The largest absolute Gasteiger partial charge is 0.508 e. The number of benzene rings is 2. The highest BCUT2D eigenvalue weighted by Crippen LogP contribution is 2.67.